The SMILES string of the molecule is Cc1nn(C(C)C(N)=O)c(C)c1Br. The maximum absolute atomic E-state index is 10.9. The molecule has 1 rings (SSSR count). The second kappa shape index (κ2) is 3.49. The molecule has 0 fully saturated rings. The molecule has 0 radical (unpaired) electrons. The van der Waals surface area contributed by atoms with Crippen LogP contribution in [0.2, 0.25) is 0 Å². The number of aryl methyl sites for hydroxylation is 1. The van der Waals surface area contributed by atoms with Gasteiger partial charge >= 0.3 is 0 Å². The molecule has 1 heterocycles. The number of primary amides is 1. The summed E-state index contributed by atoms with van der Waals surface area (Å²) in [5, 5.41) is 4.20. The van der Waals surface area contributed by atoms with E-state index in [0.717, 1.165) is 15.9 Å². The molecule has 1 amide bonds. The topological polar surface area (TPSA) is 60.9 Å². The van der Waals surface area contributed by atoms with Gasteiger partial charge in [-0.15, -0.1) is 0 Å². The number of amides is 1. The molecule has 13 heavy (non-hydrogen) atoms. The molecule has 0 spiro atoms. The molecule has 1 aromatic rings. The number of rotatable bonds is 2. The van der Waals surface area contributed by atoms with Gasteiger partial charge < -0.3 is 5.73 Å². The van der Waals surface area contributed by atoms with Crippen molar-refractivity contribution in [1.29, 1.82) is 0 Å². The fraction of sp³-hybridized carbons (Fsp3) is 0.500. The van der Waals surface area contributed by atoms with Crippen molar-refractivity contribution in [3.05, 3.63) is 15.9 Å². The van der Waals surface area contributed by atoms with Crippen molar-refractivity contribution in [2.45, 2.75) is 26.8 Å². The molecular formula is C8H12BrN3O. The van der Waals surface area contributed by atoms with Crippen LogP contribution < -0.4 is 5.73 Å². The predicted octanol–water partition coefficient (Wildman–Crippen LogP) is 1.31. The Hall–Kier alpha value is -0.840. The maximum atomic E-state index is 10.9. The number of halogens is 1. The number of carbonyl (C=O) groups excluding carboxylic acids is 1. The second-order valence-corrected chi connectivity index (χ2v) is 3.80. The van der Waals surface area contributed by atoms with Crippen LogP contribution in [0.3, 0.4) is 0 Å². The lowest BCUT2D eigenvalue weighted by Gasteiger charge is -2.09. The van der Waals surface area contributed by atoms with Crippen LogP contribution in [0.4, 0.5) is 0 Å². The van der Waals surface area contributed by atoms with E-state index in [1.54, 1.807) is 11.6 Å². The summed E-state index contributed by atoms with van der Waals surface area (Å²) in [6.07, 6.45) is 0. The van der Waals surface area contributed by atoms with E-state index in [-0.39, 0.29) is 5.91 Å². The standard InChI is InChI=1S/C8H12BrN3O/c1-4-7(9)5(2)12(11-4)6(3)8(10)13/h6H,1-3H3,(H2,10,13). The molecule has 0 aliphatic heterocycles. The highest BCUT2D eigenvalue weighted by Crippen LogP contribution is 2.22. The number of hydrogen-bond donors (Lipinski definition) is 1. The van der Waals surface area contributed by atoms with Crippen molar-refractivity contribution >= 4 is 21.8 Å². The fourth-order valence-corrected chi connectivity index (χ4v) is 1.40. The Kier molecular flexibility index (Phi) is 2.75. The lowest BCUT2D eigenvalue weighted by molar-refractivity contribution is -0.121. The minimum Gasteiger partial charge on any atom is -0.368 e. The quantitative estimate of drug-likeness (QED) is 0.855. The summed E-state index contributed by atoms with van der Waals surface area (Å²) in [7, 11) is 0. The highest BCUT2D eigenvalue weighted by atomic mass is 79.9. The molecule has 0 aromatic carbocycles. The molecule has 1 atom stereocenters. The summed E-state index contributed by atoms with van der Waals surface area (Å²) >= 11 is 3.38. The van der Waals surface area contributed by atoms with Gasteiger partial charge in [0.25, 0.3) is 0 Å². The third kappa shape index (κ3) is 1.75. The number of carbonyl (C=O) groups is 1. The molecule has 0 bridgehead atoms. The second-order valence-electron chi connectivity index (χ2n) is 3.01. The number of aromatic nitrogens is 2. The van der Waals surface area contributed by atoms with Gasteiger partial charge in [-0.2, -0.15) is 5.10 Å². The van der Waals surface area contributed by atoms with Gasteiger partial charge in [0.2, 0.25) is 5.91 Å². The Labute approximate surface area is 85.2 Å². The number of nitrogens with zero attached hydrogens (tertiary/aromatic N) is 2. The van der Waals surface area contributed by atoms with Crippen LogP contribution in [0.1, 0.15) is 24.4 Å². The van der Waals surface area contributed by atoms with Gasteiger partial charge in [-0.25, -0.2) is 0 Å². The first-order valence-corrected chi connectivity index (χ1v) is 4.75. The smallest absolute Gasteiger partial charge is 0.242 e. The van der Waals surface area contributed by atoms with E-state index in [2.05, 4.69) is 21.0 Å². The molecule has 4 nitrogen and oxygen atoms in total. The van der Waals surface area contributed by atoms with Crippen LogP contribution in [0.5, 0.6) is 0 Å². The van der Waals surface area contributed by atoms with Crippen LogP contribution in [-0.2, 0) is 4.79 Å². The average molecular weight is 246 g/mol. The molecule has 0 saturated heterocycles. The first-order valence-electron chi connectivity index (χ1n) is 3.95. The van der Waals surface area contributed by atoms with Crippen LogP contribution in [0.15, 0.2) is 4.47 Å². The molecule has 0 aliphatic carbocycles. The fourth-order valence-electron chi connectivity index (χ4n) is 1.14. The Morgan fingerprint density at radius 1 is 1.62 bits per heavy atom. The Bertz CT molecular complexity index is 345. The first kappa shape index (κ1) is 10.2. The summed E-state index contributed by atoms with van der Waals surface area (Å²) < 4.78 is 2.56. The molecular weight excluding hydrogens is 234 g/mol. The van der Waals surface area contributed by atoms with E-state index >= 15 is 0 Å². The summed E-state index contributed by atoms with van der Waals surface area (Å²) in [5.41, 5.74) is 6.97. The van der Waals surface area contributed by atoms with Crippen molar-refractivity contribution in [2.24, 2.45) is 5.73 Å². The monoisotopic (exact) mass is 245 g/mol. The summed E-state index contributed by atoms with van der Waals surface area (Å²) in [4.78, 5) is 10.9. The first-order chi connectivity index (χ1) is 5.95. The zero-order valence-electron chi connectivity index (χ0n) is 7.84. The van der Waals surface area contributed by atoms with Gasteiger partial charge in [0, 0.05) is 0 Å². The molecule has 72 valence electrons. The molecule has 1 aromatic heterocycles. The largest absolute Gasteiger partial charge is 0.368 e. The van der Waals surface area contributed by atoms with Gasteiger partial charge in [0.15, 0.2) is 0 Å². The highest BCUT2D eigenvalue weighted by molar-refractivity contribution is 9.10. The molecule has 0 saturated carbocycles. The molecule has 5 heteroatoms. The van der Waals surface area contributed by atoms with Gasteiger partial charge in [-0.05, 0) is 36.7 Å². The molecule has 1 unspecified atom stereocenters. The Morgan fingerprint density at radius 2 is 2.15 bits per heavy atom. The lowest BCUT2D eigenvalue weighted by Crippen LogP contribution is -2.25. The number of nitrogens with two attached hydrogens (primary N) is 1. The summed E-state index contributed by atoms with van der Waals surface area (Å²) in [6, 6.07) is -0.398. The van der Waals surface area contributed by atoms with Crippen molar-refractivity contribution in [3.63, 3.8) is 0 Å². The minimum absolute atomic E-state index is 0.377. The van der Waals surface area contributed by atoms with E-state index in [1.807, 2.05) is 13.8 Å². The predicted molar refractivity (Wildman–Crippen MR) is 53.3 cm³/mol. The van der Waals surface area contributed by atoms with E-state index < -0.39 is 6.04 Å². The van der Waals surface area contributed by atoms with Crippen LogP contribution in [0, 0.1) is 13.8 Å². The van der Waals surface area contributed by atoms with E-state index in [1.165, 1.54) is 0 Å². The van der Waals surface area contributed by atoms with Gasteiger partial charge in [0.1, 0.15) is 6.04 Å². The van der Waals surface area contributed by atoms with Crippen molar-refractivity contribution in [1.82, 2.24) is 9.78 Å². The summed E-state index contributed by atoms with van der Waals surface area (Å²) in [6.45, 7) is 5.50. The molecule has 0 aliphatic rings. The van der Waals surface area contributed by atoms with Gasteiger partial charge in [-0.1, -0.05) is 0 Å². The lowest BCUT2D eigenvalue weighted by atomic mass is 10.3. The zero-order valence-corrected chi connectivity index (χ0v) is 9.42. The van der Waals surface area contributed by atoms with Crippen molar-refractivity contribution < 1.29 is 4.79 Å². The van der Waals surface area contributed by atoms with Crippen LogP contribution >= 0.6 is 15.9 Å². The number of hydrogen-bond acceptors (Lipinski definition) is 2. The van der Waals surface area contributed by atoms with Gasteiger partial charge in [0.05, 0.1) is 15.9 Å². The van der Waals surface area contributed by atoms with Crippen molar-refractivity contribution in [3.8, 4) is 0 Å². The van der Waals surface area contributed by atoms with E-state index in [4.69, 9.17) is 5.73 Å². The van der Waals surface area contributed by atoms with Crippen LogP contribution in [-0.4, -0.2) is 15.7 Å². The molecule has 2 N–H and O–H groups in total. The Balaban J connectivity index is 3.15. The third-order valence-corrected chi connectivity index (χ3v) is 3.16. The van der Waals surface area contributed by atoms with Gasteiger partial charge in [-0.3, -0.25) is 9.48 Å². The van der Waals surface area contributed by atoms with Crippen molar-refractivity contribution in [2.75, 3.05) is 0 Å². The highest BCUT2D eigenvalue weighted by Gasteiger charge is 2.17. The minimum atomic E-state index is -0.398. The zero-order chi connectivity index (χ0) is 10.2. The average Bonchev–Trinajstić information content (AvgIpc) is 2.31. The summed E-state index contributed by atoms with van der Waals surface area (Å²) in [5.74, 6) is -0.377. The van der Waals surface area contributed by atoms with Crippen LogP contribution in [0.25, 0.3) is 0 Å². The van der Waals surface area contributed by atoms with E-state index in [0.29, 0.717) is 0 Å². The third-order valence-electron chi connectivity index (χ3n) is 2.02. The van der Waals surface area contributed by atoms with E-state index in [9.17, 15) is 4.79 Å². The maximum Gasteiger partial charge on any atom is 0.242 e. The Morgan fingerprint density at radius 3 is 2.46 bits per heavy atom. The normalized spacial score (nSPS) is 12.9.